The minimum Gasteiger partial charge on any atom is -0.393 e. The number of fused-ring (bicyclic) bond motifs is 1. The van der Waals surface area contributed by atoms with Crippen molar-refractivity contribution in [3.8, 4) is 0 Å². The number of benzene rings is 1. The van der Waals surface area contributed by atoms with Crippen LogP contribution in [0.25, 0.3) is 0 Å². The predicted molar refractivity (Wildman–Crippen MR) is 96.3 cm³/mol. The van der Waals surface area contributed by atoms with Crippen molar-refractivity contribution in [1.29, 1.82) is 0 Å². The van der Waals surface area contributed by atoms with Crippen molar-refractivity contribution >= 4 is 0 Å². The summed E-state index contributed by atoms with van der Waals surface area (Å²) in [6.07, 6.45) is 3.95. The first-order chi connectivity index (χ1) is 11.7. The van der Waals surface area contributed by atoms with Gasteiger partial charge in [0.15, 0.2) is 0 Å². The molecular weight excluding hydrogens is 300 g/mol. The molecular formula is C20H32N2O2. The number of aliphatic hydroxyl groups is 1. The lowest BCUT2D eigenvalue weighted by molar-refractivity contribution is 0.0185. The largest absolute Gasteiger partial charge is 0.393 e. The summed E-state index contributed by atoms with van der Waals surface area (Å²) in [5.41, 5.74) is 10.0. The molecule has 0 amide bonds. The molecule has 4 nitrogen and oxygen atoms in total. The Balaban J connectivity index is 1.58. The van der Waals surface area contributed by atoms with E-state index in [1.54, 1.807) is 0 Å². The van der Waals surface area contributed by atoms with Crippen molar-refractivity contribution in [3.63, 3.8) is 0 Å². The molecule has 2 saturated carbocycles. The lowest BCUT2D eigenvalue weighted by Crippen LogP contribution is -2.36. The topological polar surface area (TPSA) is 67.5 Å². The van der Waals surface area contributed by atoms with E-state index in [0.717, 1.165) is 25.8 Å². The second kappa shape index (κ2) is 8.43. The summed E-state index contributed by atoms with van der Waals surface area (Å²) in [6, 6.07) is 10.8. The number of rotatable bonds is 7. The highest BCUT2D eigenvalue weighted by atomic mass is 16.6. The molecule has 0 aromatic heterocycles. The van der Waals surface area contributed by atoms with Gasteiger partial charge in [0.05, 0.1) is 12.7 Å². The Morgan fingerprint density at radius 2 is 2.00 bits per heavy atom. The van der Waals surface area contributed by atoms with Gasteiger partial charge in [-0.25, -0.2) is 5.48 Å². The second-order valence-electron chi connectivity index (χ2n) is 7.70. The molecule has 134 valence electrons. The molecule has 1 aromatic carbocycles. The number of nitrogens with one attached hydrogen (secondary N) is 1. The molecule has 0 heterocycles. The van der Waals surface area contributed by atoms with Crippen molar-refractivity contribution in [2.75, 3.05) is 19.7 Å². The van der Waals surface area contributed by atoms with Gasteiger partial charge >= 0.3 is 0 Å². The quantitative estimate of drug-likeness (QED) is 0.530. The Labute approximate surface area is 145 Å². The highest BCUT2D eigenvalue weighted by molar-refractivity contribution is 5.21. The Kier molecular flexibility index (Phi) is 6.28. The van der Waals surface area contributed by atoms with Crippen LogP contribution in [0.3, 0.4) is 0 Å². The van der Waals surface area contributed by atoms with E-state index in [1.165, 1.54) is 12.0 Å². The predicted octanol–water partition coefficient (Wildman–Crippen LogP) is 2.68. The van der Waals surface area contributed by atoms with Gasteiger partial charge in [0.2, 0.25) is 0 Å². The van der Waals surface area contributed by atoms with Gasteiger partial charge in [0.1, 0.15) is 0 Å². The first-order valence-electron chi connectivity index (χ1n) is 9.48. The van der Waals surface area contributed by atoms with Crippen LogP contribution in [0.15, 0.2) is 30.3 Å². The molecule has 0 aliphatic heterocycles. The van der Waals surface area contributed by atoms with E-state index in [9.17, 15) is 5.11 Å². The van der Waals surface area contributed by atoms with Crippen LogP contribution in [0.4, 0.5) is 0 Å². The summed E-state index contributed by atoms with van der Waals surface area (Å²) in [4.78, 5) is 5.47. The summed E-state index contributed by atoms with van der Waals surface area (Å²) in [7, 11) is 0. The van der Waals surface area contributed by atoms with Crippen LogP contribution in [0.2, 0.25) is 0 Å². The van der Waals surface area contributed by atoms with Crippen LogP contribution in [0, 0.1) is 23.7 Å². The van der Waals surface area contributed by atoms with Gasteiger partial charge in [-0.15, -0.1) is 0 Å². The summed E-state index contributed by atoms with van der Waals surface area (Å²) in [6.45, 7) is 4.52. The highest BCUT2D eigenvalue weighted by Crippen LogP contribution is 2.52. The number of hydrogen-bond acceptors (Lipinski definition) is 4. The van der Waals surface area contributed by atoms with Gasteiger partial charge in [0.25, 0.3) is 0 Å². The van der Waals surface area contributed by atoms with Crippen molar-refractivity contribution < 1.29 is 9.94 Å². The third kappa shape index (κ3) is 3.99. The molecule has 0 bridgehead atoms. The van der Waals surface area contributed by atoms with Gasteiger partial charge in [-0.05, 0) is 67.4 Å². The monoisotopic (exact) mass is 332 g/mol. The molecule has 2 aliphatic carbocycles. The summed E-state index contributed by atoms with van der Waals surface area (Å²) >= 11 is 0. The van der Waals surface area contributed by atoms with Gasteiger partial charge in [-0.3, -0.25) is 0 Å². The zero-order valence-electron chi connectivity index (χ0n) is 14.7. The van der Waals surface area contributed by atoms with E-state index in [2.05, 4.69) is 42.7 Å². The fourth-order valence-electron chi connectivity index (χ4n) is 5.09. The second-order valence-corrected chi connectivity index (χ2v) is 7.70. The number of nitrogens with two attached hydrogens (primary N) is 1. The minimum absolute atomic E-state index is 0.167. The molecule has 4 N–H and O–H groups in total. The number of hydroxylamine groups is 1. The van der Waals surface area contributed by atoms with Crippen LogP contribution in [-0.4, -0.2) is 30.9 Å². The van der Waals surface area contributed by atoms with E-state index in [-0.39, 0.29) is 6.10 Å². The van der Waals surface area contributed by atoms with Gasteiger partial charge in [-0.1, -0.05) is 37.3 Å². The summed E-state index contributed by atoms with van der Waals surface area (Å²) in [5.74, 6) is 2.77. The van der Waals surface area contributed by atoms with Gasteiger partial charge < -0.3 is 15.7 Å². The summed E-state index contributed by atoms with van der Waals surface area (Å²) < 4.78 is 0. The number of hydrogen-bond donors (Lipinski definition) is 3. The van der Waals surface area contributed by atoms with Gasteiger partial charge in [0, 0.05) is 6.54 Å². The van der Waals surface area contributed by atoms with Crippen LogP contribution in [0.1, 0.15) is 44.1 Å². The normalized spacial score (nSPS) is 35.8. The average Bonchev–Trinajstić information content (AvgIpc) is 2.92. The molecule has 1 aromatic rings. The van der Waals surface area contributed by atoms with E-state index in [1.807, 2.05) is 0 Å². The molecule has 0 spiro atoms. The fraction of sp³-hybridized carbons (Fsp3) is 0.700. The molecule has 3 rings (SSSR count). The van der Waals surface area contributed by atoms with E-state index in [0.29, 0.717) is 42.7 Å². The van der Waals surface area contributed by atoms with Crippen LogP contribution in [0.5, 0.6) is 0 Å². The molecule has 6 atom stereocenters. The zero-order valence-corrected chi connectivity index (χ0v) is 14.7. The van der Waals surface area contributed by atoms with Crippen molar-refractivity contribution in [3.05, 3.63) is 35.9 Å². The average molecular weight is 332 g/mol. The first-order valence-corrected chi connectivity index (χ1v) is 9.48. The lowest BCUT2D eigenvalue weighted by atomic mass is 9.65. The Bertz CT molecular complexity index is 496. The molecule has 0 unspecified atom stereocenters. The maximum Gasteiger partial charge on any atom is 0.0694 e. The van der Waals surface area contributed by atoms with Crippen molar-refractivity contribution in [2.24, 2.45) is 29.4 Å². The van der Waals surface area contributed by atoms with Crippen LogP contribution < -0.4 is 11.2 Å². The molecule has 2 aliphatic rings. The number of aliphatic hydroxyl groups excluding tert-OH is 1. The Morgan fingerprint density at radius 1 is 1.21 bits per heavy atom. The third-order valence-corrected chi connectivity index (χ3v) is 6.12. The van der Waals surface area contributed by atoms with Gasteiger partial charge in [-0.2, -0.15) is 0 Å². The van der Waals surface area contributed by atoms with E-state index in [4.69, 9.17) is 10.6 Å². The Hall–Kier alpha value is -0.940. The summed E-state index contributed by atoms with van der Waals surface area (Å²) in [5, 5.41) is 10.6. The molecule has 0 radical (unpaired) electrons. The maximum atomic E-state index is 10.6. The first kappa shape index (κ1) is 17.9. The Morgan fingerprint density at radius 3 is 2.75 bits per heavy atom. The van der Waals surface area contributed by atoms with E-state index >= 15 is 0 Å². The fourth-order valence-corrected chi connectivity index (χ4v) is 5.09. The van der Waals surface area contributed by atoms with Crippen molar-refractivity contribution in [2.45, 2.75) is 44.6 Å². The highest BCUT2D eigenvalue weighted by Gasteiger charge is 2.48. The lowest BCUT2D eigenvalue weighted by Gasteiger charge is -2.40. The third-order valence-electron chi connectivity index (χ3n) is 6.12. The zero-order chi connectivity index (χ0) is 16.9. The van der Waals surface area contributed by atoms with Crippen LogP contribution in [-0.2, 0) is 4.84 Å². The van der Waals surface area contributed by atoms with E-state index < -0.39 is 0 Å². The maximum absolute atomic E-state index is 10.6. The molecule has 4 heteroatoms. The molecule has 0 saturated heterocycles. The molecule has 2 fully saturated rings. The van der Waals surface area contributed by atoms with Crippen LogP contribution >= 0.6 is 0 Å². The standard InChI is InChI=1S/C20H32N2O2/c1-14-10-16(15-6-3-2-4-7-15)11-18-19(23)12-17(20(14)18)13-22-24-9-5-8-21/h2-4,6-7,14,16-20,22-23H,5,8-13,21H2,1H3/t14-,16-,17+,18+,19-,20+/m0/s1. The molecule has 24 heavy (non-hydrogen) atoms. The SMILES string of the molecule is C[C@H]1C[C@H](c2ccccc2)C[C@H]2[C@H]1[C@@H](CNOCCCN)C[C@@H]2O. The smallest absolute Gasteiger partial charge is 0.0694 e. The minimum atomic E-state index is -0.167. The van der Waals surface area contributed by atoms with Crippen molar-refractivity contribution in [1.82, 2.24) is 5.48 Å².